The first-order valence-corrected chi connectivity index (χ1v) is 8.07. The first-order valence-electron chi connectivity index (χ1n) is 6.42. The van der Waals surface area contributed by atoms with Crippen molar-refractivity contribution in [1.29, 1.82) is 0 Å². The fourth-order valence-corrected chi connectivity index (χ4v) is 3.14. The number of rotatable bonds is 6. The first-order chi connectivity index (χ1) is 9.51. The third kappa shape index (κ3) is 3.57. The van der Waals surface area contributed by atoms with Crippen LogP contribution in [-0.2, 0) is 23.4 Å². The Balaban J connectivity index is 2.01. The van der Waals surface area contributed by atoms with E-state index in [1.807, 2.05) is 14.0 Å². The zero-order valence-corrected chi connectivity index (χ0v) is 12.4. The zero-order valence-electron chi connectivity index (χ0n) is 11.6. The molecule has 0 aliphatic carbocycles. The lowest BCUT2D eigenvalue weighted by molar-refractivity contribution is 0.594. The number of hydrogen-bond donors (Lipinski definition) is 1. The van der Waals surface area contributed by atoms with Gasteiger partial charge in [0, 0.05) is 12.7 Å². The number of nitrogens with one attached hydrogen (secondary N) is 1. The molecule has 0 bridgehead atoms. The molecule has 0 aliphatic heterocycles. The van der Waals surface area contributed by atoms with Gasteiger partial charge in [0.15, 0.2) is 15.7 Å². The number of benzene rings is 1. The van der Waals surface area contributed by atoms with E-state index in [0.29, 0.717) is 23.7 Å². The Bertz CT molecular complexity index is 662. The quantitative estimate of drug-likeness (QED) is 0.876. The molecule has 7 heteroatoms. The smallest absolute Gasteiger partial charge is 0.178 e. The lowest BCUT2D eigenvalue weighted by Crippen LogP contribution is -2.06. The SMILES string of the molecule is CCCS(=O)(=O)c1ccc(NCc2ncn(C)n2)cc1. The molecule has 0 fully saturated rings. The summed E-state index contributed by atoms with van der Waals surface area (Å²) < 4.78 is 25.4. The van der Waals surface area contributed by atoms with Gasteiger partial charge in [0.1, 0.15) is 6.33 Å². The molecule has 0 atom stereocenters. The Hall–Kier alpha value is -1.89. The van der Waals surface area contributed by atoms with Gasteiger partial charge in [-0.05, 0) is 30.7 Å². The van der Waals surface area contributed by atoms with Crippen molar-refractivity contribution in [2.24, 2.45) is 7.05 Å². The Kier molecular flexibility index (Phi) is 4.39. The summed E-state index contributed by atoms with van der Waals surface area (Å²) in [5.41, 5.74) is 0.841. The fourth-order valence-electron chi connectivity index (χ4n) is 1.81. The van der Waals surface area contributed by atoms with Crippen molar-refractivity contribution in [1.82, 2.24) is 14.8 Å². The van der Waals surface area contributed by atoms with Gasteiger partial charge in [-0.25, -0.2) is 13.4 Å². The summed E-state index contributed by atoms with van der Waals surface area (Å²) in [4.78, 5) is 4.47. The molecule has 108 valence electrons. The second-order valence-electron chi connectivity index (χ2n) is 4.53. The molecule has 1 N–H and O–H groups in total. The number of nitrogens with zero attached hydrogens (tertiary/aromatic N) is 3. The van der Waals surface area contributed by atoms with E-state index < -0.39 is 9.84 Å². The van der Waals surface area contributed by atoms with Crippen LogP contribution in [0.15, 0.2) is 35.5 Å². The van der Waals surface area contributed by atoms with E-state index in [-0.39, 0.29) is 5.75 Å². The average Bonchev–Trinajstić information content (AvgIpc) is 2.83. The third-order valence-electron chi connectivity index (χ3n) is 2.78. The topological polar surface area (TPSA) is 76.9 Å². The van der Waals surface area contributed by atoms with Gasteiger partial charge in [0.25, 0.3) is 0 Å². The fraction of sp³-hybridized carbons (Fsp3) is 0.385. The van der Waals surface area contributed by atoms with Crippen LogP contribution in [0.1, 0.15) is 19.2 Å². The molecule has 0 saturated carbocycles. The molecule has 0 spiro atoms. The molecule has 0 radical (unpaired) electrons. The second kappa shape index (κ2) is 6.04. The number of sulfone groups is 1. The molecule has 2 aromatic rings. The van der Waals surface area contributed by atoms with Gasteiger partial charge in [-0.1, -0.05) is 6.92 Å². The molecular weight excluding hydrogens is 276 g/mol. The molecule has 0 aliphatic rings. The van der Waals surface area contributed by atoms with Crippen molar-refractivity contribution in [2.45, 2.75) is 24.8 Å². The number of anilines is 1. The molecule has 0 saturated heterocycles. The molecule has 1 aromatic heterocycles. The summed E-state index contributed by atoms with van der Waals surface area (Å²) >= 11 is 0. The molecule has 0 unspecified atom stereocenters. The minimum absolute atomic E-state index is 0.178. The summed E-state index contributed by atoms with van der Waals surface area (Å²) in [6, 6.07) is 6.76. The van der Waals surface area contributed by atoms with Crippen molar-refractivity contribution < 1.29 is 8.42 Å². The third-order valence-corrected chi connectivity index (χ3v) is 4.72. The lowest BCUT2D eigenvalue weighted by atomic mass is 10.3. The number of aromatic nitrogens is 3. The van der Waals surface area contributed by atoms with Crippen molar-refractivity contribution in [3.8, 4) is 0 Å². The van der Waals surface area contributed by atoms with Crippen molar-refractivity contribution >= 4 is 15.5 Å². The van der Waals surface area contributed by atoms with E-state index in [9.17, 15) is 8.42 Å². The van der Waals surface area contributed by atoms with E-state index in [1.165, 1.54) is 0 Å². The minimum atomic E-state index is -3.15. The highest BCUT2D eigenvalue weighted by molar-refractivity contribution is 7.91. The number of hydrogen-bond acceptors (Lipinski definition) is 5. The zero-order chi connectivity index (χ0) is 14.6. The summed E-state index contributed by atoms with van der Waals surface area (Å²) in [5, 5.41) is 7.31. The maximum Gasteiger partial charge on any atom is 0.178 e. The van der Waals surface area contributed by atoms with Crippen molar-refractivity contribution in [2.75, 3.05) is 11.1 Å². The van der Waals surface area contributed by atoms with Crippen LogP contribution in [0.2, 0.25) is 0 Å². The van der Waals surface area contributed by atoms with Crippen LogP contribution in [0.4, 0.5) is 5.69 Å². The van der Waals surface area contributed by atoms with Crippen LogP contribution < -0.4 is 5.32 Å². The largest absolute Gasteiger partial charge is 0.378 e. The van der Waals surface area contributed by atoms with Crippen LogP contribution in [0, 0.1) is 0 Å². The first kappa shape index (κ1) is 14.5. The molecule has 20 heavy (non-hydrogen) atoms. The van der Waals surface area contributed by atoms with Crippen LogP contribution in [0.5, 0.6) is 0 Å². The molecule has 1 heterocycles. The summed E-state index contributed by atoms with van der Waals surface area (Å²) in [6.45, 7) is 2.36. The van der Waals surface area contributed by atoms with Gasteiger partial charge in [-0.15, -0.1) is 0 Å². The van der Waals surface area contributed by atoms with Crippen molar-refractivity contribution in [3.63, 3.8) is 0 Å². The van der Waals surface area contributed by atoms with Crippen LogP contribution in [0.25, 0.3) is 0 Å². The Morgan fingerprint density at radius 1 is 1.25 bits per heavy atom. The van der Waals surface area contributed by atoms with Gasteiger partial charge >= 0.3 is 0 Å². The second-order valence-corrected chi connectivity index (χ2v) is 6.64. The van der Waals surface area contributed by atoms with Crippen LogP contribution >= 0.6 is 0 Å². The van der Waals surface area contributed by atoms with Gasteiger partial charge in [-0.2, -0.15) is 5.10 Å². The van der Waals surface area contributed by atoms with Gasteiger partial charge in [-0.3, -0.25) is 4.68 Å². The maximum atomic E-state index is 11.9. The van der Waals surface area contributed by atoms with E-state index in [1.54, 1.807) is 35.3 Å². The predicted octanol–water partition coefficient (Wildman–Crippen LogP) is 1.61. The van der Waals surface area contributed by atoms with E-state index >= 15 is 0 Å². The molecular formula is C13H18N4O2S. The van der Waals surface area contributed by atoms with Crippen LogP contribution in [-0.4, -0.2) is 28.9 Å². The van der Waals surface area contributed by atoms with Crippen LogP contribution in [0.3, 0.4) is 0 Å². The number of aryl methyl sites for hydroxylation is 1. The highest BCUT2D eigenvalue weighted by Gasteiger charge is 2.12. The summed E-state index contributed by atoms with van der Waals surface area (Å²) in [7, 11) is -1.34. The monoisotopic (exact) mass is 294 g/mol. The Labute approximate surface area is 118 Å². The predicted molar refractivity (Wildman–Crippen MR) is 77.1 cm³/mol. The molecule has 0 amide bonds. The highest BCUT2D eigenvalue weighted by Crippen LogP contribution is 2.16. The Morgan fingerprint density at radius 2 is 1.95 bits per heavy atom. The van der Waals surface area contributed by atoms with Gasteiger partial charge < -0.3 is 5.32 Å². The van der Waals surface area contributed by atoms with E-state index in [4.69, 9.17) is 0 Å². The average molecular weight is 294 g/mol. The van der Waals surface area contributed by atoms with E-state index in [0.717, 1.165) is 5.69 Å². The minimum Gasteiger partial charge on any atom is -0.378 e. The van der Waals surface area contributed by atoms with Gasteiger partial charge in [0.05, 0.1) is 17.2 Å². The van der Waals surface area contributed by atoms with Crippen molar-refractivity contribution in [3.05, 3.63) is 36.4 Å². The highest BCUT2D eigenvalue weighted by atomic mass is 32.2. The molecule has 1 aromatic carbocycles. The standard InChI is InChI=1S/C13H18N4O2S/c1-3-8-20(18,19)12-6-4-11(5-7-12)14-9-13-15-10-17(2)16-13/h4-7,10,14H,3,8-9H2,1-2H3. The normalized spacial score (nSPS) is 11.5. The maximum absolute atomic E-state index is 11.9. The Morgan fingerprint density at radius 3 is 2.50 bits per heavy atom. The molecule has 6 nitrogen and oxygen atoms in total. The lowest BCUT2D eigenvalue weighted by Gasteiger charge is -2.06. The van der Waals surface area contributed by atoms with E-state index in [2.05, 4.69) is 15.4 Å². The van der Waals surface area contributed by atoms with Gasteiger partial charge in [0.2, 0.25) is 0 Å². The summed E-state index contributed by atoms with van der Waals surface area (Å²) in [5.74, 6) is 0.868. The summed E-state index contributed by atoms with van der Waals surface area (Å²) in [6.07, 6.45) is 2.26. The molecule has 2 rings (SSSR count).